The normalized spacial score (nSPS) is 13.2. The van der Waals surface area contributed by atoms with Gasteiger partial charge in [0, 0.05) is 11.3 Å². The van der Waals surface area contributed by atoms with Gasteiger partial charge in [0.05, 0.1) is 18.5 Å². The van der Waals surface area contributed by atoms with Crippen molar-refractivity contribution < 1.29 is 19.4 Å². The quantitative estimate of drug-likeness (QED) is 0.820. The Labute approximate surface area is 157 Å². The number of nitrogens with zero attached hydrogens (tertiary/aromatic N) is 1. The average Bonchev–Trinajstić information content (AvgIpc) is 2.89. The minimum Gasteiger partial charge on any atom is -0.491 e. The lowest BCUT2D eigenvalue weighted by atomic mass is 10.1. The fraction of sp³-hybridized carbons (Fsp3) is 0.286. The number of hydrogen-bond acceptors (Lipinski definition) is 5. The minimum atomic E-state index is -0.255. The van der Waals surface area contributed by atoms with Crippen LogP contribution in [0.5, 0.6) is 5.75 Å². The molecule has 1 aliphatic rings. The van der Waals surface area contributed by atoms with Crippen LogP contribution in [0.15, 0.2) is 42.1 Å². The number of ketones is 1. The molecule has 0 radical (unpaired) electrons. The van der Waals surface area contributed by atoms with Crippen LogP contribution in [0, 0.1) is 0 Å². The van der Waals surface area contributed by atoms with Crippen LogP contribution < -0.4 is 10.1 Å². The zero-order chi connectivity index (χ0) is 19.2. The van der Waals surface area contributed by atoms with E-state index in [-0.39, 0.29) is 24.9 Å². The first-order valence-corrected chi connectivity index (χ1v) is 8.92. The summed E-state index contributed by atoms with van der Waals surface area (Å²) >= 11 is 0. The summed E-state index contributed by atoms with van der Waals surface area (Å²) in [5.41, 5.74) is 3.68. The standard InChI is InChI=1S/C21H22N2O4/c1-14(25)16-3-2-4-20-17(11-16)12-18(13-22-20)23-21(26)15-5-7-19(8-6-15)27-10-9-24/h5-8,11-13,24H,2-4,9-10H2,1H3,(H,23,26). The first-order chi connectivity index (χ1) is 13.1. The molecule has 0 saturated carbocycles. The molecule has 0 aliphatic heterocycles. The number of Topliss-reactive ketones (excluding diaryl/α,β-unsaturated/α-hetero) is 1. The molecule has 0 bridgehead atoms. The van der Waals surface area contributed by atoms with Crippen molar-refractivity contribution in [3.63, 3.8) is 0 Å². The number of hydrogen-bond donors (Lipinski definition) is 2. The van der Waals surface area contributed by atoms with E-state index in [4.69, 9.17) is 9.84 Å². The molecular weight excluding hydrogens is 344 g/mol. The Morgan fingerprint density at radius 3 is 2.70 bits per heavy atom. The van der Waals surface area contributed by atoms with E-state index in [9.17, 15) is 9.59 Å². The highest BCUT2D eigenvalue weighted by atomic mass is 16.5. The monoisotopic (exact) mass is 366 g/mol. The van der Waals surface area contributed by atoms with Crippen molar-refractivity contribution in [2.75, 3.05) is 18.5 Å². The molecule has 0 saturated heterocycles. The minimum absolute atomic E-state index is 0.0621. The van der Waals surface area contributed by atoms with Gasteiger partial charge in [0.2, 0.25) is 0 Å². The second-order valence-corrected chi connectivity index (χ2v) is 6.39. The van der Waals surface area contributed by atoms with Crippen LogP contribution >= 0.6 is 0 Å². The molecule has 0 atom stereocenters. The maximum absolute atomic E-state index is 12.5. The number of aliphatic hydroxyl groups excluding tert-OH is 1. The number of pyridine rings is 1. The van der Waals surface area contributed by atoms with Crippen LogP contribution in [0.1, 0.15) is 41.4 Å². The molecule has 140 valence electrons. The van der Waals surface area contributed by atoms with Gasteiger partial charge in [0.1, 0.15) is 12.4 Å². The third kappa shape index (κ3) is 4.80. The number of benzene rings is 1. The molecule has 1 aliphatic carbocycles. The summed E-state index contributed by atoms with van der Waals surface area (Å²) < 4.78 is 5.29. The Morgan fingerprint density at radius 2 is 2.00 bits per heavy atom. The van der Waals surface area contributed by atoms with Gasteiger partial charge in [-0.25, -0.2) is 0 Å². The SMILES string of the molecule is CC(=O)C1=Cc2cc(NC(=O)c3ccc(OCCO)cc3)cnc2CCC1. The number of allylic oxidation sites excluding steroid dienone is 1. The zero-order valence-corrected chi connectivity index (χ0v) is 15.2. The van der Waals surface area contributed by atoms with Crippen molar-refractivity contribution in [1.29, 1.82) is 0 Å². The first-order valence-electron chi connectivity index (χ1n) is 8.92. The van der Waals surface area contributed by atoms with E-state index in [1.807, 2.05) is 12.1 Å². The topological polar surface area (TPSA) is 88.5 Å². The molecule has 27 heavy (non-hydrogen) atoms. The fourth-order valence-electron chi connectivity index (χ4n) is 2.97. The van der Waals surface area contributed by atoms with Gasteiger partial charge in [0.15, 0.2) is 5.78 Å². The van der Waals surface area contributed by atoms with Gasteiger partial charge in [-0.2, -0.15) is 0 Å². The Hall–Kier alpha value is -2.99. The van der Waals surface area contributed by atoms with E-state index in [1.54, 1.807) is 37.4 Å². The van der Waals surface area contributed by atoms with Crippen molar-refractivity contribution in [3.8, 4) is 5.75 Å². The summed E-state index contributed by atoms with van der Waals surface area (Å²) in [6.45, 7) is 1.72. The molecule has 2 aromatic rings. The van der Waals surface area contributed by atoms with Gasteiger partial charge < -0.3 is 15.2 Å². The number of aryl methyl sites for hydroxylation is 1. The maximum atomic E-state index is 12.5. The Bertz CT molecular complexity index is 872. The molecule has 1 aromatic heterocycles. The van der Waals surface area contributed by atoms with Crippen LogP contribution in [0.25, 0.3) is 6.08 Å². The van der Waals surface area contributed by atoms with Gasteiger partial charge in [-0.3, -0.25) is 14.6 Å². The number of amides is 1. The van der Waals surface area contributed by atoms with Crippen molar-refractivity contribution >= 4 is 23.5 Å². The number of ether oxygens (including phenoxy) is 1. The Morgan fingerprint density at radius 1 is 1.22 bits per heavy atom. The van der Waals surface area contributed by atoms with E-state index >= 15 is 0 Å². The van der Waals surface area contributed by atoms with Crippen molar-refractivity contribution in [3.05, 3.63) is 58.9 Å². The van der Waals surface area contributed by atoms with E-state index in [0.717, 1.165) is 36.1 Å². The van der Waals surface area contributed by atoms with E-state index in [0.29, 0.717) is 17.0 Å². The number of aliphatic hydroxyl groups is 1. The van der Waals surface area contributed by atoms with Crippen molar-refractivity contribution in [2.24, 2.45) is 0 Å². The third-order valence-electron chi connectivity index (χ3n) is 4.38. The molecule has 6 heteroatoms. The summed E-state index contributed by atoms with van der Waals surface area (Å²) in [5.74, 6) is 0.407. The maximum Gasteiger partial charge on any atom is 0.255 e. The number of carbonyl (C=O) groups excluding carboxylic acids is 2. The van der Waals surface area contributed by atoms with Crippen LogP contribution in [0.4, 0.5) is 5.69 Å². The van der Waals surface area contributed by atoms with Gasteiger partial charge in [-0.05, 0) is 73.7 Å². The number of nitrogens with one attached hydrogen (secondary N) is 1. The lowest BCUT2D eigenvalue weighted by molar-refractivity contribution is -0.113. The average molecular weight is 366 g/mol. The first kappa shape index (κ1) is 18.8. The molecule has 3 rings (SSSR count). The largest absolute Gasteiger partial charge is 0.491 e. The molecule has 1 amide bonds. The second-order valence-electron chi connectivity index (χ2n) is 6.39. The predicted octanol–water partition coefficient (Wildman–Crippen LogP) is 3.01. The number of rotatable bonds is 6. The summed E-state index contributed by atoms with van der Waals surface area (Å²) in [7, 11) is 0. The van der Waals surface area contributed by atoms with Crippen LogP contribution in [-0.4, -0.2) is 35.0 Å². The Kier molecular flexibility index (Phi) is 5.98. The fourth-order valence-corrected chi connectivity index (χ4v) is 2.97. The van der Waals surface area contributed by atoms with E-state index in [1.165, 1.54) is 0 Å². The number of fused-ring (bicyclic) bond motifs is 1. The number of anilines is 1. The lowest BCUT2D eigenvalue weighted by Gasteiger charge is -2.09. The van der Waals surface area contributed by atoms with Crippen LogP contribution in [0.2, 0.25) is 0 Å². The zero-order valence-electron chi connectivity index (χ0n) is 15.2. The number of carbonyl (C=O) groups is 2. The highest BCUT2D eigenvalue weighted by molar-refractivity contribution is 6.04. The number of aromatic nitrogens is 1. The summed E-state index contributed by atoms with van der Waals surface area (Å²) in [5, 5.41) is 11.6. The second kappa shape index (κ2) is 8.60. The molecule has 1 heterocycles. The Balaban J connectivity index is 1.75. The summed E-state index contributed by atoms with van der Waals surface area (Å²) in [6.07, 6.45) is 5.97. The highest BCUT2D eigenvalue weighted by Crippen LogP contribution is 2.25. The smallest absolute Gasteiger partial charge is 0.255 e. The van der Waals surface area contributed by atoms with Crippen LogP contribution in [-0.2, 0) is 11.2 Å². The lowest BCUT2D eigenvalue weighted by Crippen LogP contribution is -2.12. The van der Waals surface area contributed by atoms with Gasteiger partial charge in [-0.1, -0.05) is 0 Å². The van der Waals surface area contributed by atoms with Crippen molar-refractivity contribution in [2.45, 2.75) is 26.2 Å². The van der Waals surface area contributed by atoms with Crippen molar-refractivity contribution in [1.82, 2.24) is 4.98 Å². The van der Waals surface area contributed by atoms with Gasteiger partial charge in [-0.15, -0.1) is 0 Å². The van der Waals surface area contributed by atoms with E-state index < -0.39 is 0 Å². The summed E-state index contributed by atoms with van der Waals surface area (Å²) in [6, 6.07) is 8.54. The third-order valence-corrected chi connectivity index (χ3v) is 4.38. The molecule has 1 aromatic carbocycles. The van der Waals surface area contributed by atoms with E-state index in [2.05, 4.69) is 10.3 Å². The van der Waals surface area contributed by atoms with Gasteiger partial charge >= 0.3 is 0 Å². The molecule has 0 spiro atoms. The molecule has 0 fully saturated rings. The highest BCUT2D eigenvalue weighted by Gasteiger charge is 2.14. The molecule has 0 unspecified atom stereocenters. The van der Waals surface area contributed by atoms with Crippen LogP contribution in [0.3, 0.4) is 0 Å². The van der Waals surface area contributed by atoms with Gasteiger partial charge in [0.25, 0.3) is 5.91 Å². The molecular formula is C21H22N2O4. The molecule has 6 nitrogen and oxygen atoms in total. The predicted molar refractivity (Wildman–Crippen MR) is 103 cm³/mol. The summed E-state index contributed by atoms with van der Waals surface area (Å²) in [4.78, 5) is 28.6. The molecule has 2 N–H and O–H groups in total.